The maximum atomic E-state index is 10.4. The Labute approximate surface area is 85.4 Å². The number of aliphatic hydroxyl groups excluding tert-OH is 1. The van der Waals surface area contributed by atoms with Crippen LogP contribution in [-0.2, 0) is 9.53 Å². The standard InChI is InChI=1S/C7H13N3O5/c1-6(12)13-5-14-10-9(15-10)8-2-7(3-8)4-11/h7,11H,2-5H2,1H3. The number of esters is 1. The fourth-order valence-electron chi connectivity index (χ4n) is 1.23. The van der Waals surface area contributed by atoms with Gasteiger partial charge in [-0.1, -0.05) is 0 Å². The van der Waals surface area contributed by atoms with Gasteiger partial charge in [-0.05, 0) is 0 Å². The molecule has 1 N–H and O–H groups in total. The zero-order valence-electron chi connectivity index (χ0n) is 8.33. The molecule has 8 nitrogen and oxygen atoms in total. The molecule has 0 bridgehead atoms. The van der Waals surface area contributed by atoms with E-state index in [0.29, 0.717) is 5.92 Å². The summed E-state index contributed by atoms with van der Waals surface area (Å²) in [5, 5.41) is 11.7. The van der Waals surface area contributed by atoms with E-state index in [2.05, 4.69) is 4.74 Å². The molecule has 0 atom stereocenters. The minimum absolute atomic E-state index is 0.177. The van der Waals surface area contributed by atoms with E-state index in [0.717, 1.165) is 18.1 Å². The fraction of sp³-hybridized carbons (Fsp3) is 0.857. The van der Waals surface area contributed by atoms with Crippen molar-refractivity contribution < 1.29 is 24.1 Å². The first-order valence-corrected chi connectivity index (χ1v) is 4.61. The zero-order valence-corrected chi connectivity index (χ0v) is 8.33. The maximum absolute atomic E-state index is 10.4. The van der Waals surface area contributed by atoms with Crippen LogP contribution in [0.1, 0.15) is 6.92 Å². The van der Waals surface area contributed by atoms with Crippen LogP contribution < -0.4 is 9.85 Å². The lowest BCUT2D eigenvalue weighted by Gasteiger charge is -2.34. The van der Waals surface area contributed by atoms with Gasteiger partial charge in [0.2, 0.25) is 0 Å². The molecule has 1 aromatic heterocycles. The van der Waals surface area contributed by atoms with Gasteiger partial charge in [0.1, 0.15) is 5.02 Å². The second-order valence-electron chi connectivity index (χ2n) is 3.38. The Morgan fingerprint density at radius 3 is 2.93 bits per heavy atom. The summed E-state index contributed by atoms with van der Waals surface area (Å²) in [6, 6.07) is 0. The molecule has 1 fully saturated rings. The molecule has 0 aliphatic carbocycles. The van der Waals surface area contributed by atoms with Gasteiger partial charge >= 0.3 is 5.97 Å². The van der Waals surface area contributed by atoms with Gasteiger partial charge in [-0.15, -0.1) is 0 Å². The minimum atomic E-state index is -0.410. The van der Waals surface area contributed by atoms with Gasteiger partial charge in [-0.2, -0.15) is 4.63 Å². The minimum Gasteiger partial charge on any atom is -0.426 e. The second kappa shape index (κ2) is 3.89. The summed E-state index contributed by atoms with van der Waals surface area (Å²) in [7, 11) is 0. The van der Waals surface area contributed by atoms with Crippen molar-refractivity contribution in [1.29, 1.82) is 0 Å². The molecule has 0 radical (unpaired) electrons. The predicted octanol–water partition coefficient (Wildman–Crippen LogP) is -1.61. The van der Waals surface area contributed by atoms with Crippen LogP contribution in [0.25, 0.3) is 0 Å². The average molecular weight is 219 g/mol. The molecule has 2 heterocycles. The van der Waals surface area contributed by atoms with E-state index < -0.39 is 5.97 Å². The number of hydrogen-bond acceptors (Lipinski definition) is 6. The van der Waals surface area contributed by atoms with Gasteiger partial charge < -0.3 is 14.7 Å². The highest BCUT2D eigenvalue weighted by atomic mass is 17.0. The quantitative estimate of drug-likeness (QED) is 0.474. The number of aliphatic hydroxyl groups is 1. The highest BCUT2D eigenvalue weighted by Gasteiger charge is 2.33. The first kappa shape index (κ1) is 9.97. The predicted molar refractivity (Wildman–Crippen MR) is 46.4 cm³/mol. The molecule has 0 unspecified atom stereocenters. The van der Waals surface area contributed by atoms with Crippen LogP contribution >= 0.6 is 0 Å². The number of rotatable bonds is 5. The third-order valence-electron chi connectivity index (χ3n) is 2.12. The molecule has 0 amide bonds. The smallest absolute Gasteiger partial charge is 0.305 e. The Morgan fingerprint density at radius 2 is 2.33 bits per heavy atom. The largest absolute Gasteiger partial charge is 0.426 e. The summed E-state index contributed by atoms with van der Waals surface area (Å²) in [6.07, 6.45) is 0. The first-order chi connectivity index (χ1) is 7.20. The number of aromatic nitrogens is 2. The number of ether oxygens (including phenoxy) is 1. The molecule has 0 saturated carbocycles. The zero-order chi connectivity index (χ0) is 10.8. The van der Waals surface area contributed by atoms with Gasteiger partial charge in [0.15, 0.2) is 0 Å². The van der Waals surface area contributed by atoms with Crippen LogP contribution in [0.5, 0.6) is 0 Å². The molecule has 2 rings (SSSR count). The Bertz CT molecular complexity index is 321. The van der Waals surface area contributed by atoms with Gasteiger partial charge in [-0.25, -0.2) is 0 Å². The van der Waals surface area contributed by atoms with Crippen LogP contribution in [-0.4, -0.2) is 47.5 Å². The Hall–Kier alpha value is -1.57. The summed E-state index contributed by atoms with van der Waals surface area (Å²) in [5.74, 6) is -0.114. The maximum Gasteiger partial charge on any atom is 0.305 e. The van der Waals surface area contributed by atoms with Gasteiger partial charge in [-0.3, -0.25) is 9.80 Å². The molecule has 86 valence electrons. The van der Waals surface area contributed by atoms with Crippen molar-refractivity contribution >= 4 is 5.97 Å². The monoisotopic (exact) mass is 219 g/mol. The number of carbonyl (C=O) groups excluding carboxylic acids is 1. The van der Waals surface area contributed by atoms with E-state index >= 15 is 0 Å². The van der Waals surface area contributed by atoms with Gasteiger partial charge in [0, 0.05) is 37.5 Å². The Morgan fingerprint density at radius 1 is 1.60 bits per heavy atom. The highest BCUT2D eigenvalue weighted by molar-refractivity contribution is 5.65. The molecule has 1 aliphatic heterocycles. The number of carbonyl (C=O) groups is 1. The van der Waals surface area contributed by atoms with Crippen LogP contribution in [0.15, 0.2) is 4.63 Å². The van der Waals surface area contributed by atoms with Crippen LogP contribution in [0, 0.1) is 5.92 Å². The molecule has 1 aliphatic rings. The van der Waals surface area contributed by atoms with Crippen molar-refractivity contribution in [2.75, 3.05) is 31.5 Å². The SMILES string of the molecule is CC(=O)OCOn1on1N1CC(CO)C1. The second-order valence-corrected chi connectivity index (χ2v) is 3.38. The van der Waals surface area contributed by atoms with E-state index in [9.17, 15) is 4.79 Å². The molecule has 1 aromatic rings. The lowest BCUT2D eigenvalue weighted by atomic mass is 10.0. The molecular weight excluding hydrogens is 206 g/mol. The molecular formula is C7H13N3O5. The summed E-state index contributed by atoms with van der Waals surface area (Å²) >= 11 is 0. The third-order valence-corrected chi connectivity index (χ3v) is 2.12. The van der Waals surface area contributed by atoms with Gasteiger partial charge in [0.25, 0.3) is 6.79 Å². The molecule has 15 heavy (non-hydrogen) atoms. The number of hydrogen-bond donors (Lipinski definition) is 1. The lowest BCUT2D eigenvalue weighted by Crippen LogP contribution is -2.53. The molecule has 0 aromatic carbocycles. The molecule has 0 spiro atoms. The van der Waals surface area contributed by atoms with Crippen molar-refractivity contribution in [1.82, 2.24) is 9.98 Å². The normalized spacial score (nSPS) is 16.5. The van der Waals surface area contributed by atoms with E-state index in [1.54, 1.807) is 0 Å². The third kappa shape index (κ3) is 2.27. The van der Waals surface area contributed by atoms with Crippen LogP contribution in [0.4, 0.5) is 0 Å². The van der Waals surface area contributed by atoms with Crippen molar-refractivity contribution in [2.45, 2.75) is 6.92 Å². The Balaban J connectivity index is 1.64. The Kier molecular flexibility index (Phi) is 2.58. The first-order valence-electron chi connectivity index (χ1n) is 4.61. The van der Waals surface area contributed by atoms with Crippen molar-refractivity contribution in [3.63, 3.8) is 0 Å². The summed E-state index contributed by atoms with van der Waals surface area (Å²) in [4.78, 5) is 16.7. The fourth-order valence-corrected chi connectivity index (χ4v) is 1.23. The van der Waals surface area contributed by atoms with E-state index in [4.69, 9.17) is 14.6 Å². The summed E-state index contributed by atoms with van der Waals surface area (Å²) in [6.45, 7) is 2.75. The highest BCUT2D eigenvalue weighted by Crippen LogP contribution is 2.14. The molecule has 1 saturated heterocycles. The van der Waals surface area contributed by atoms with Crippen LogP contribution in [0.2, 0.25) is 0 Å². The van der Waals surface area contributed by atoms with Crippen molar-refractivity contribution in [2.24, 2.45) is 5.92 Å². The molecule has 8 heteroatoms. The summed E-state index contributed by atoms with van der Waals surface area (Å²) in [5.41, 5.74) is 0. The number of nitrogens with zero attached hydrogens (tertiary/aromatic N) is 3. The van der Waals surface area contributed by atoms with Gasteiger partial charge in [0.05, 0.1) is 0 Å². The van der Waals surface area contributed by atoms with Crippen molar-refractivity contribution in [3.05, 3.63) is 0 Å². The van der Waals surface area contributed by atoms with E-state index in [1.165, 1.54) is 11.9 Å². The lowest BCUT2D eigenvalue weighted by molar-refractivity contribution is -0.156. The van der Waals surface area contributed by atoms with E-state index in [1.807, 2.05) is 5.01 Å². The van der Waals surface area contributed by atoms with Crippen LogP contribution in [0.3, 0.4) is 0 Å². The topological polar surface area (TPSA) is 82.0 Å². The summed E-state index contributed by atoms with van der Waals surface area (Å²) < 4.78 is 9.44. The van der Waals surface area contributed by atoms with E-state index in [-0.39, 0.29) is 13.4 Å². The van der Waals surface area contributed by atoms with Crippen molar-refractivity contribution in [3.8, 4) is 0 Å². The average Bonchev–Trinajstić information content (AvgIpc) is 2.82.